The number of fused-ring (bicyclic) bond motifs is 1. The molecule has 0 saturated carbocycles. The number of rotatable bonds is 6. The number of hydrogen-bond acceptors (Lipinski definition) is 9. The van der Waals surface area contributed by atoms with E-state index >= 15 is 0 Å². The van der Waals surface area contributed by atoms with Gasteiger partial charge in [-0.1, -0.05) is 0 Å². The molecule has 3 aromatic rings. The lowest BCUT2D eigenvalue weighted by atomic mass is 10.1. The minimum Gasteiger partial charge on any atom is -0.462 e. The van der Waals surface area contributed by atoms with Crippen molar-refractivity contribution < 1.29 is 24.0 Å². The van der Waals surface area contributed by atoms with E-state index in [2.05, 4.69) is 9.97 Å². The van der Waals surface area contributed by atoms with Gasteiger partial charge >= 0.3 is 11.9 Å². The van der Waals surface area contributed by atoms with Crippen LogP contribution in [-0.4, -0.2) is 33.4 Å². The van der Waals surface area contributed by atoms with Crippen LogP contribution in [0, 0.1) is 24.0 Å². The quantitative estimate of drug-likeness (QED) is 0.344. The Morgan fingerprint density at radius 3 is 2.48 bits per heavy atom. The number of aryl methyl sites for hydroxylation is 2. The van der Waals surface area contributed by atoms with E-state index in [9.17, 15) is 24.5 Å². The van der Waals surface area contributed by atoms with Crippen molar-refractivity contribution in [3.8, 4) is 0 Å². The second kappa shape index (κ2) is 8.64. The van der Waals surface area contributed by atoms with E-state index in [1.54, 1.807) is 6.92 Å². The van der Waals surface area contributed by atoms with E-state index in [0.717, 1.165) is 28.6 Å². The molecule has 0 aliphatic heterocycles. The van der Waals surface area contributed by atoms with Crippen LogP contribution >= 0.6 is 11.3 Å². The van der Waals surface area contributed by atoms with E-state index in [0.29, 0.717) is 10.2 Å². The second-order valence-corrected chi connectivity index (χ2v) is 7.91. The molecule has 0 saturated heterocycles. The fraction of sp³-hybridized carbons (Fsp3) is 0.300. The first-order chi connectivity index (χ1) is 14.6. The summed E-state index contributed by atoms with van der Waals surface area (Å²) < 4.78 is 10.2. The van der Waals surface area contributed by atoms with Crippen molar-refractivity contribution in [3.05, 3.63) is 66.1 Å². The zero-order valence-electron chi connectivity index (χ0n) is 17.2. The third-order valence-electron chi connectivity index (χ3n) is 4.60. The van der Waals surface area contributed by atoms with Crippen LogP contribution < -0.4 is 5.56 Å². The zero-order valence-corrected chi connectivity index (χ0v) is 18.0. The number of nitro benzene ring substituents is 1. The Kier molecular flexibility index (Phi) is 6.16. The Labute approximate surface area is 180 Å². The molecule has 11 heteroatoms. The lowest BCUT2D eigenvalue weighted by Crippen LogP contribution is -2.17. The summed E-state index contributed by atoms with van der Waals surface area (Å²) >= 11 is 1.36. The maximum atomic E-state index is 12.6. The van der Waals surface area contributed by atoms with Crippen molar-refractivity contribution in [2.24, 2.45) is 0 Å². The lowest BCUT2D eigenvalue weighted by Gasteiger charge is -2.13. The van der Waals surface area contributed by atoms with Crippen LogP contribution in [0.3, 0.4) is 0 Å². The summed E-state index contributed by atoms with van der Waals surface area (Å²) in [5.41, 5.74) is -0.302. The summed E-state index contributed by atoms with van der Waals surface area (Å²) in [7, 11) is 0. The maximum absolute atomic E-state index is 12.6. The van der Waals surface area contributed by atoms with E-state index in [-0.39, 0.29) is 29.1 Å². The molecule has 0 bridgehead atoms. The number of nitro groups is 1. The molecule has 1 N–H and O–H groups in total. The van der Waals surface area contributed by atoms with E-state index < -0.39 is 28.7 Å². The van der Waals surface area contributed by atoms with Crippen LogP contribution in [0.15, 0.2) is 23.0 Å². The number of nitrogens with zero attached hydrogens (tertiary/aromatic N) is 2. The van der Waals surface area contributed by atoms with E-state index in [1.807, 2.05) is 13.8 Å². The first-order valence-electron chi connectivity index (χ1n) is 9.29. The van der Waals surface area contributed by atoms with Crippen molar-refractivity contribution in [3.63, 3.8) is 0 Å². The largest absolute Gasteiger partial charge is 0.462 e. The monoisotopic (exact) mass is 445 g/mol. The van der Waals surface area contributed by atoms with Gasteiger partial charge in [-0.3, -0.25) is 14.9 Å². The normalized spacial score (nSPS) is 11.9. The molecule has 1 atom stereocenters. The standard InChI is InChI=1S/C20H19N3O7S/c1-5-29-19(25)12-6-13(8-14(7-12)23(27)28)20(26)30-10(3)16-21-17(24)15-9(2)11(4)31-18(15)22-16/h6-8,10H,5H2,1-4H3,(H,21,22,24). The molecule has 162 valence electrons. The Bertz CT molecular complexity index is 1260. The number of esters is 2. The lowest BCUT2D eigenvalue weighted by molar-refractivity contribution is -0.384. The summed E-state index contributed by atoms with van der Waals surface area (Å²) in [5, 5.41) is 11.7. The fourth-order valence-corrected chi connectivity index (χ4v) is 3.95. The molecule has 0 amide bonds. The van der Waals surface area contributed by atoms with Crippen molar-refractivity contribution >= 4 is 39.2 Å². The van der Waals surface area contributed by atoms with Crippen LogP contribution in [0.25, 0.3) is 10.2 Å². The van der Waals surface area contributed by atoms with Gasteiger partial charge in [-0.15, -0.1) is 11.3 Å². The molecule has 0 radical (unpaired) electrons. The summed E-state index contributed by atoms with van der Waals surface area (Å²) in [6, 6.07) is 3.18. The maximum Gasteiger partial charge on any atom is 0.339 e. The second-order valence-electron chi connectivity index (χ2n) is 6.71. The van der Waals surface area contributed by atoms with Gasteiger partial charge in [0, 0.05) is 17.0 Å². The number of ether oxygens (including phenoxy) is 2. The number of aromatic nitrogens is 2. The highest BCUT2D eigenvalue weighted by atomic mass is 32.1. The fourth-order valence-electron chi connectivity index (χ4n) is 2.91. The average molecular weight is 445 g/mol. The summed E-state index contributed by atoms with van der Waals surface area (Å²) in [6.07, 6.45) is -0.947. The van der Waals surface area contributed by atoms with Crippen LogP contribution in [0.2, 0.25) is 0 Å². The highest BCUT2D eigenvalue weighted by Crippen LogP contribution is 2.27. The van der Waals surface area contributed by atoms with Gasteiger partial charge < -0.3 is 14.5 Å². The molecule has 31 heavy (non-hydrogen) atoms. The number of benzene rings is 1. The molecule has 2 aromatic heterocycles. The van der Waals surface area contributed by atoms with Gasteiger partial charge in [-0.2, -0.15) is 0 Å². The number of carbonyl (C=O) groups excluding carboxylic acids is 2. The smallest absolute Gasteiger partial charge is 0.339 e. The number of non-ortho nitro benzene ring substituents is 1. The van der Waals surface area contributed by atoms with Gasteiger partial charge in [0.05, 0.1) is 28.0 Å². The van der Waals surface area contributed by atoms with E-state index in [4.69, 9.17) is 9.47 Å². The molecule has 0 fully saturated rings. The Balaban J connectivity index is 1.92. The highest BCUT2D eigenvalue weighted by Gasteiger charge is 2.23. The van der Waals surface area contributed by atoms with Crippen molar-refractivity contribution in [1.29, 1.82) is 0 Å². The molecular formula is C20H19N3O7S. The first-order valence-corrected chi connectivity index (χ1v) is 10.1. The van der Waals surface area contributed by atoms with Gasteiger partial charge in [-0.05, 0) is 39.3 Å². The Morgan fingerprint density at radius 2 is 1.87 bits per heavy atom. The van der Waals surface area contributed by atoms with Crippen molar-refractivity contribution in [2.75, 3.05) is 6.61 Å². The predicted octanol–water partition coefficient (Wildman–Crippen LogP) is 3.60. The number of aromatic amines is 1. The van der Waals surface area contributed by atoms with Gasteiger partial charge in [0.1, 0.15) is 4.83 Å². The number of thiophene rings is 1. The minimum absolute atomic E-state index is 0.0710. The number of hydrogen-bond donors (Lipinski definition) is 1. The molecular weight excluding hydrogens is 426 g/mol. The summed E-state index contributed by atoms with van der Waals surface area (Å²) in [5.74, 6) is -1.57. The predicted molar refractivity (Wildman–Crippen MR) is 113 cm³/mol. The topological polar surface area (TPSA) is 141 Å². The number of H-pyrrole nitrogens is 1. The molecule has 3 rings (SSSR count). The Hall–Kier alpha value is -3.60. The van der Waals surface area contributed by atoms with Crippen LogP contribution in [0.5, 0.6) is 0 Å². The Morgan fingerprint density at radius 1 is 1.23 bits per heavy atom. The van der Waals surface area contributed by atoms with E-state index in [1.165, 1.54) is 18.3 Å². The van der Waals surface area contributed by atoms with Crippen LogP contribution in [-0.2, 0) is 9.47 Å². The molecule has 0 aliphatic carbocycles. The minimum atomic E-state index is -0.947. The number of nitrogens with one attached hydrogen (secondary N) is 1. The van der Waals surface area contributed by atoms with Crippen molar-refractivity contribution in [2.45, 2.75) is 33.8 Å². The average Bonchev–Trinajstić information content (AvgIpc) is 3.01. The molecule has 0 aliphatic rings. The van der Waals surface area contributed by atoms with Crippen LogP contribution in [0.1, 0.15) is 56.9 Å². The summed E-state index contributed by atoms with van der Waals surface area (Å²) in [4.78, 5) is 56.0. The molecule has 1 aromatic carbocycles. The third kappa shape index (κ3) is 4.45. The molecule has 0 spiro atoms. The molecule has 1 unspecified atom stereocenters. The van der Waals surface area contributed by atoms with Crippen molar-refractivity contribution in [1.82, 2.24) is 9.97 Å². The third-order valence-corrected chi connectivity index (χ3v) is 5.70. The molecule has 10 nitrogen and oxygen atoms in total. The van der Waals surface area contributed by atoms with Gasteiger partial charge in [-0.25, -0.2) is 14.6 Å². The zero-order chi connectivity index (χ0) is 22.9. The first kappa shape index (κ1) is 22.1. The molecule has 2 heterocycles. The van der Waals surface area contributed by atoms with Crippen LogP contribution in [0.4, 0.5) is 5.69 Å². The van der Waals surface area contributed by atoms with Gasteiger partial charge in [0.15, 0.2) is 11.9 Å². The van der Waals surface area contributed by atoms with Gasteiger partial charge in [0.2, 0.25) is 0 Å². The SMILES string of the molecule is CCOC(=O)c1cc(C(=O)OC(C)c2nc3sc(C)c(C)c3c(=O)[nH]2)cc([N+](=O)[O-])c1. The highest BCUT2D eigenvalue weighted by molar-refractivity contribution is 7.18. The van der Waals surface area contributed by atoms with Gasteiger partial charge in [0.25, 0.3) is 11.2 Å². The summed E-state index contributed by atoms with van der Waals surface area (Å²) in [6.45, 7) is 6.89. The number of carbonyl (C=O) groups is 2.